The Hall–Kier alpha value is -1.79. The predicted molar refractivity (Wildman–Crippen MR) is 102 cm³/mol. The summed E-state index contributed by atoms with van der Waals surface area (Å²) < 4.78 is 16.7. The maximum atomic E-state index is 12.7. The summed E-state index contributed by atoms with van der Waals surface area (Å²) in [5.41, 5.74) is 1.32. The van der Waals surface area contributed by atoms with E-state index < -0.39 is 11.2 Å². The highest BCUT2D eigenvalue weighted by Gasteiger charge is 2.50. The number of aliphatic hydroxyl groups is 1. The van der Waals surface area contributed by atoms with Gasteiger partial charge in [0.2, 0.25) is 0 Å². The molecule has 1 aromatic rings. The van der Waals surface area contributed by atoms with Crippen LogP contribution in [0.3, 0.4) is 0 Å². The Bertz CT molecular complexity index is 687. The largest absolute Gasteiger partial charge is 0.496 e. The summed E-state index contributed by atoms with van der Waals surface area (Å²) in [4.78, 5) is 14.5. The van der Waals surface area contributed by atoms with Crippen LogP contribution in [0.1, 0.15) is 50.3 Å². The highest BCUT2D eigenvalue weighted by atomic mass is 16.6. The summed E-state index contributed by atoms with van der Waals surface area (Å²) in [6.07, 6.45) is 0.520. The summed E-state index contributed by atoms with van der Waals surface area (Å²) >= 11 is 0. The number of aryl methyl sites for hydroxylation is 2. The van der Waals surface area contributed by atoms with Gasteiger partial charge in [0.15, 0.2) is 0 Å². The van der Waals surface area contributed by atoms with Gasteiger partial charge in [0, 0.05) is 12.8 Å². The fourth-order valence-corrected chi connectivity index (χ4v) is 4.37. The molecule has 1 aromatic carbocycles. The molecule has 6 heteroatoms. The van der Waals surface area contributed by atoms with E-state index in [0.717, 1.165) is 22.4 Å². The first-order valence-corrected chi connectivity index (χ1v) is 9.51. The third kappa shape index (κ3) is 3.92. The fourth-order valence-electron chi connectivity index (χ4n) is 4.37. The summed E-state index contributed by atoms with van der Waals surface area (Å²) in [6.45, 7) is 10.4. The van der Waals surface area contributed by atoms with Gasteiger partial charge in [0.1, 0.15) is 11.4 Å². The quantitative estimate of drug-likeness (QED) is 0.856. The van der Waals surface area contributed by atoms with Crippen LogP contribution in [0.4, 0.5) is 4.79 Å². The molecule has 3 rings (SSSR count). The van der Waals surface area contributed by atoms with E-state index in [1.54, 1.807) is 12.0 Å². The van der Waals surface area contributed by atoms with E-state index in [1.807, 2.05) is 46.8 Å². The van der Waals surface area contributed by atoms with Crippen molar-refractivity contribution in [2.45, 2.75) is 70.7 Å². The Balaban J connectivity index is 1.88. The van der Waals surface area contributed by atoms with Gasteiger partial charge in [-0.3, -0.25) is 4.90 Å². The number of carbonyl (C=O) groups excluding carboxylic acids is 1. The Morgan fingerprint density at radius 2 is 1.70 bits per heavy atom. The minimum Gasteiger partial charge on any atom is -0.496 e. The van der Waals surface area contributed by atoms with E-state index >= 15 is 0 Å². The third-order valence-corrected chi connectivity index (χ3v) is 5.36. The number of ether oxygens (including phenoxy) is 3. The number of benzene rings is 1. The lowest BCUT2D eigenvalue weighted by atomic mass is 9.76. The Morgan fingerprint density at radius 1 is 1.19 bits per heavy atom. The van der Waals surface area contributed by atoms with Crippen molar-refractivity contribution in [3.8, 4) is 5.75 Å². The number of amides is 1. The minimum atomic E-state index is -1.00. The van der Waals surface area contributed by atoms with Crippen LogP contribution in [0.2, 0.25) is 0 Å². The molecule has 0 spiro atoms. The van der Waals surface area contributed by atoms with Crippen molar-refractivity contribution in [2.24, 2.45) is 0 Å². The second kappa shape index (κ2) is 6.99. The minimum absolute atomic E-state index is 0.208. The van der Waals surface area contributed by atoms with Crippen LogP contribution in [-0.4, -0.2) is 54.1 Å². The molecule has 1 N–H and O–H groups in total. The molecule has 2 saturated heterocycles. The molecule has 0 aromatic heterocycles. The van der Waals surface area contributed by atoms with Gasteiger partial charge < -0.3 is 19.3 Å². The first-order chi connectivity index (χ1) is 12.5. The number of hydrogen-bond donors (Lipinski definition) is 1. The van der Waals surface area contributed by atoms with Crippen molar-refractivity contribution in [2.75, 3.05) is 20.3 Å². The van der Waals surface area contributed by atoms with Crippen molar-refractivity contribution in [1.29, 1.82) is 0 Å². The second-order valence-electron chi connectivity index (χ2n) is 8.82. The van der Waals surface area contributed by atoms with Crippen LogP contribution in [0.5, 0.6) is 5.75 Å². The lowest BCUT2D eigenvalue weighted by Gasteiger charge is -2.51. The maximum Gasteiger partial charge on any atom is 0.410 e. The number of morpholine rings is 1. The molecule has 0 aliphatic carbocycles. The smallest absolute Gasteiger partial charge is 0.410 e. The molecular weight excluding hydrogens is 346 g/mol. The van der Waals surface area contributed by atoms with E-state index in [2.05, 4.69) is 0 Å². The first kappa shape index (κ1) is 20.0. The van der Waals surface area contributed by atoms with Gasteiger partial charge in [-0.25, -0.2) is 4.79 Å². The van der Waals surface area contributed by atoms with Gasteiger partial charge in [-0.05, 0) is 63.4 Å². The molecule has 150 valence electrons. The van der Waals surface area contributed by atoms with Gasteiger partial charge in [-0.1, -0.05) is 0 Å². The van der Waals surface area contributed by atoms with Crippen molar-refractivity contribution in [3.05, 3.63) is 28.8 Å². The van der Waals surface area contributed by atoms with E-state index in [4.69, 9.17) is 14.2 Å². The normalized spacial score (nSPS) is 28.0. The van der Waals surface area contributed by atoms with Gasteiger partial charge in [-0.2, -0.15) is 0 Å². The Morgan fingerprint density at radius 3 is 2.15 bits per heavy atom. The molecule has 6 nitrogen and oxygen atoms in total. The number of fused-ring (bicyclic) bond motifs is 2. The molecule has 2 bridgehead atoms. The van der Waals surface area contributed by atoms with E-state index in [0.29, 0.717) is 26.1 Å². The monoisotopic (exact) mass is 377 g/mol. The Kier molecular flexibility index (Phi) is 5.16. The number of hydrogen-bond acceptors (Lipinski definition) is 5. The number of nitrogens with zero attached hydrogens (tertiary/aromatic N) is 1. The van der Waals surface area contributed by atoms with Gasteiger partial charge in [0.05, 0.1) is 38.0 Å². The molecule has 0 saturated carbocycles. The second-order valence-corrected chi connectivity index (χ2v) is 8.82. The maximum absolute atomic E-state index is 12.7. The SMILES string of the molecule is COc1c(C)cc(C2(O)CC3COCC(C2)N3C(=O)OC(C)(C)C)cc1C. The standard InChI is InChI=1S/C21H31NO5/c1-13-7-15(8-14(2)18(13)25-6)21(24)9-16-11-26-12-17(10-21)22(16)19(23)27-20(3,4)5/h7-8,16-17,24H,9-12H2,1-6H3. The Labute approximate surface area is 161 Å². The zero-order chi connectivity index (χ0) is 20.0. The predicted octanol–water partition coefficient (Wildman–Crippen LogP) is 3.30. The summed E-state index contributed by atoms with van der Waals surface area (Å²) in [5, 5.41) is 11.5. The van der Waals surface area contributed by atoms with Crippen LogP contribution < -0.4 is 4.74 Å². The summed E-state index contributed by atoms with van der Waals surface area (Å²) in [6, 6.07) is 3.57. The number of piperidine rings is 1. The van der Waals surface area contributed by atoms with E-state index in [1.165, 1.54) is 0 Å². The van der Waals surface area contributed by atoms with E-state index in [-0.39, 0.29) is 18.2 Å². The van der Waals surface area contributed by atoms with Crippen molar-refractivity contribution in [3.63, 3.8) is 0 Å². The molecule has 2 heterocycles. The molecule has 2 unspecified atom stereocenters. The third-order valence-electron chi connectivity index (χ3n) is 5.36. The van der Waals surface area contributed by atoms with Gasteiger partial charge in [-0.15, -0.1) is 0 Å². The van der Waals surface area contributed by atoms with Crippen LogP contribution >= 0.6 is 0 Å². The average molecular weight is 377 g/mol. The average Bonchev–Trinajstić information content (AvgIpc) is 2.52. The van der Waals surface area contributed by atoms with Crippen molar-refractivity contribution < 1.29 is 24.1 Å². The van der Waals surface area contributed by atoms with Crippen molar-refractivity contribution in [1.82, 2.24) is 4.90 Å². The molecule has 27 heavy (non-hydrogen) atoms. The zero-order valence-corrected chi connectivity index (χ0v) is 17.2. The summed E-state index contributed by atoms with van der Waals surface area (Å²) in [5.74, 6) is 0.845. The van der Waals surface area contributed by atoms with E-state index in [9.17, 15) is 9.90 Å². The topological polar surface area (TPSA) is 68.2 Å². The highest BCUT2D eigenvalue weighted by Crippen LogP contribution is 2.43. The number of methoxy groups -OCH3 is 1. The summed E-state index contributed by atoms with van der Waals surface area (Å²) in [7, 11) is 1.66. The molecule has 2 atom stereocenters. The molecule has 2 fully saturated rings. The molecule has 2 aliphatic rings. The zero-order valence-electron chi connectivity index (χ0n) is 17.2. The molecule has 1 amide bonds. The highest BCUT2D eigenvalue weighted by molar-refractivity contribution is 5.69. The fraction of sp³-hybridized carbons (Fsp3) is 0.667. The lowest BCUT2D eigenvalue weighted by molar-refractivity contribution is -0.141. The first-order valence-electron chi connectivity index (χ1n) is 9.51. The molecule has 2 aliphatic heterocycles. The lowest BCUT2D eigenvalue weighted by Crippen LogP contribution is -2.63. The van der Waals surface area contributed by atoms with Gasteiger partial charge in [0.25, 0.3) is 0 Å². The number of carbonyl (C=O) groups is 1. The van der Waals surface area contributed by atoms with Crippen LogP contribution in [0.25, 0.3) is 0 Å². The van der Waals surface area contributed by atoms with Gasteiger partial charge >= 0.3 is 6.09 Å². The number of rotatable bonds is 2. The van der Waals surface area contributed by atoms with Crippen LogP contribution in [0.15, 0.2) is 12.1 Å². The van der Waals surface area contributed by atoms with Crippen molar-refractivity contribution >= 4 is 6.09 Å². The molecule has 0 radical (unpaired) electrons. The van der Waals surface area contributed by atoms with Crippen LogP contribution in [0, 0.1) is 13.8 Å². The van der Waals surface area contributed by atoms with Crippen LogP contribution in [-0.2, 0) is 15.1 Å². The molecular formula is C21H31NO5.